The first-order chi connectivity index (χ1) is 10.7. The van der Waals surface area contributed by atoms with Crippen LogP contribution in [0.1, 0.15) is 6.92 Å². The largest absolute Gasteiger partial charge is 0.497 e. The summed E-state index contributed by atoms with van der Waals surface area (Å²) in [5, 5.41) is 2.90. The summed E-state index contributed by atoms with van der Waals surface area (Å²) < 4.78 is 10.7. The highest BCUT2D eigenvalue weighted by Gasteiger charge is 2.19. The van der Waals surface area contributed by atoms with Crippen molar-refractivity contribution >= 4 is 6.03 Å². The Morgan fingerprint density at radius 1 is 1.14 bits per heavy atom. The van der Waals surface area contributed by atoms with Gasteiger partial charge in [-0.2, -0.15) is 0 Å². The molecular formula is C16H25N3O3. The van der Waals surface area contributed by atoms with Crippen molar-refractivity contribution in [1.82, 2.24) is 15.1 Å². The molecule has 0 aliphatic carbocycles. The molecule has 1 saturated heterocycles. The third-order valence-electron chi connectivity index (χ3n) is 3.81. The molecule has 2 amide bonds. The molecule has 6 nitrogen and oxygen atoms in total. The van der Waals surface area contributed by atoms with Gasteiger partial charge in [0.25, 0.3) is 0 Å². The van der Waals surface area contributed by atoms with Crippen LogP contribution in [0.3, 0.4) is 0 Å². The fourth-order valence-corrected chi connectivity index (χ4v) is 2.38. The van der Waals surface area contributed by atoms with Gasteiger partial charge in [0.15, 0.2) is 0 Å². The highest BCUT2D eigenvalue weighted by atomic mass is 16.5. The lowest BCUT2D eigenvalue weighted by atomic mass is 10.3. The Morgan fingerprint density at radius 2 is 1.77 bits per heavy atom. The zero-order valence-electron chi connectivity index (χ0n) is 13.4. The lowest BCUT2D eigenvalue weighted by Gasteiger charge is -2.33. The summed E-state index contributed by atoms with van der Waals surface area (Å²) >= 11 is 0. The summed E-state index contributed by atoms with van der Waals surface area (Å²) in [6.45, 7) is 7.62. The Balaban J connectivity index is 1.62. The summed E-state index contributed by atoms with van der Waals surface area (Å²) in [5.41, 5.74) is 0. The van der Waals surface area contributed by atoms with E-state index in [0.717, 1.165) is 44.2 Å². The molecule has 1 aliphatic rings. The normalized spacial score (nSPS) is 15.5. The number of rotatable bonds is 6. The number of ether oxygens (including phenoxy) is 2. The Kier molecular flexibility index (Phi) is 6.33. The smallest absolute Gasteiger partial charge is 0.317 e. The zero-order valence-corrected chi connectivity index (χ0v) is 13.4. The van der Waals surface area contributed by atoms with Crippen molar-refractivity contribution < 1.29 is 14.3 Å². The number of piperazine rings is 1. The van der Waals surface area contributed by atoms with Gasteiger partial charge in [-0.1, -0.05) is 6.92 Å². The van der Waals surface area contributed by atoms with E-state index in [1.54, 1.807) is 7.11 Å². The summed E-state index contributed by atoms with van der Waals surface area (Å²) in [4.78, 5) is 16.2. The van der Waals surface area contributed by atoms with Crippen molar-refractivity contribution in [3.05, 3.63) is 24.3 Å². The van der Waals surface area contributed by atoms with Crippen LogP contribution >= 0.6 is 0 Å². The van der Waals surface area contributed by atoms with Gasteiger partial charge < -0.3 is 24.6 Å². The molecular weight excluding hydrogens is 282 g/mol. The van der Waals surface area contributed by atoms with Crippen molar-refractivity contribution in [2.75, 3.05) is 53.0 Å². The molecule has 6 heteroatoms. The van der Waals surface area contributed by atoms with Crippen LogP contribution in [0.5, 0.6) is 11.5 Å². The van der Waals surface area contributed by atoms with E-state index in [0.29, 0.717) is 13.2 Å². The lowest BCUT2D eigenvalue weighted by Crippen LogP contribution is -2.52. The average molecular weight is 307 g/mol. The van der Waals surface area contributed by atoms with E-state index in [2.05, 4.69) is 17.1 Å². The van der Waals surface area contributed by atoms with E-state index in [-0.39, 0.29) is 6.03 Å². The SMILES string of the molecule is CCN1CCN(C(=O)NCCOc2ccc(OC)cc2)CC1. The molecule has 1 heterocycles. The van der Waals surface area contributed by atoms with E-state index < -0.39 is 0 Å². The van der Waals surface area contributed by atoms with Crippen molar-refractivity contribution in [2.45, 2.75) is 6.92 Å². The summed E-state index contributed by atoms with van der Waals surface area (Å²) in [5.74, 6) is 1.57. The molecule has 0 atom stereocenters. The molecule has 0 radical (unpaired) electrons. The minimum atomic E-state index is -0.00548. The Labute approximate surface area is 132 Å². The van der Waals surface area contributed by atoms with E-state index in [1.807, 2.05) is 29.2 Å². The van der Waals surface area contributed by atoms with E-state index in [4.69, 9.17) is 9.47 Å². The maximum Gasteiger partial charge on any atom is 0.317 e. The third kappa shape index (κ3) is 4.80. The molecule has 2 rings (SSSR count). The van der Waals surface area contributed by atoms with Gasteiger partial charge in [-0.3, -0.25) is 0 Å². The Hall–Kier alpha value is -1.95. The van der Waals surface area contributed by atoms with E-state index >= 15 is 0 Å². The molecule has 22 heavy (non-hydrogen) atoms. The molecule has 0 unspecified atom stereocenters. The van der Waals surface area contributed by atoms with Gasteiger partial charge in [-0.15, -0.1) is 0 Å². The van der Waals surface area contributed by atoms with Crippen LogP contribution in [-0.2, 0) is 0 Å². The topological polar surface area (TPSA) is 54.0 Å². The highest BCUT2D eigenvalue weighted by molar-refractivity contribution is 5.74. The number of carbonyl (C=O) groups is 1. The molecule has 0 aromatic heterocycles. The number of benzene rings is 1. The monoisotopic (exact) mass is 307 g/mol. The maximum atomic E-state index is 12.0. The van der Waals surface area contributed by atoms with Crippen LogP contribution < -0.4 is 14.8 Å². The van der Waals surface area contributed by atoms with Crippen LogP contribution in [0.25, 0.3) is 0 Å². The number of likely N-dealkylation sites (N-methyl/N-ethyl adjacent to an activating group) is 1. The molecule has 0 bridgehead atoms. The van der Waals surface area contributed by atoms with E-state index in [9.17, 15) is 4.79 Å². The van der Waals surface area contributed by atoms with E-state index in [1.165, 1.54) is 0 Å². The zero-order chi connectivity index (χ0) is 15.8. The van der Waals surface area contributed by atoms with Crippen molar-refractivity contribution in [2.24, 2.45) is 0 Å². The van der Waals surface area contributed by atoms with Crippen LogP contribution in [0.2, 0.25) is 0 Å². The van der Waals surface area contributed by atoms with Gasteiger partial charge in [-0.25, -0.2) is 4.79 Å². The van der Waals surface area contributed by atoms with Gasteiger partial charge in [0.1, 0.15) is 18.1 Å². The van der Waals surface area contributed by atoms with Crippen LogP contribution in [0.15, 0.2) is 24.3 Å². The van der Waals surface area contributed by atoms with Gasteiger partial charge in [-0.05, 0) is 30.8 Å². The number of urea groups is 1. The van der Waals surface area contributed by atoms with Crippen LogP contribution in [0, 0.1) is 0 Å². The third-order valence-corrected chi connectivity index (χ3v) is 3.81. The predicted octanol–water partition coefficient (Wildman–Crippen LogP) is 1.42. The summed E-state index contributed by atoms with van der Waals surface area (Å²) in [6, 6.07) is 7.39. The number of hydrogen-bond acceptors (Lipinski definition) is 4. The fourth-order valence-electron chi connectivity index (χ4n) is 2.38. The minimum Gasteiger partial charge on any atom is -0.497 e. The number of nitrogens with zero attached hydrogens (tertiary/aromatic N) is 2. The van der Waals surface area contributed by atoms with Crippen LogP contribution in [-0.4, -0.2) is 68.8 Å². The lowest BCUT2D eigenvalue weighted by molar-refractivity contribution is 0.142. The number of carbonyl (C=O) groups excluding carboxylic acids is 1. The molecule has 1 aromatic carbocycles. The standard InChI is InChI=1S/C16H25N3O3/c1-3-18-9-11-19(12-10-18)16(20)17-8-13-22-15-6-4-14(21-2)5-7-15/h4-7H,3,8-13H2,1-2H3,(H,17,20). The average Bonchev–Trinajstić information content (AvgIpc) is 2.59. The van der Waals surface area contributed by atoms with Crippen molar-refractivity contribution in [1.29, 1.82) is 0 Å². The van der Waals surface area contributed by atoms with Gasteiger partial charge in [0.2, 0.25) is 0 Å². The predicted molar refractivity (Wildman–Crippen MR) is 85.6 cm³/mol. The minimum absolute atomic E-state index is 0.00548. The van der Waals surface area contributed by atoms with Crippen LogP contribution in [0.4, 0.5) is 4.79 Å². The Morgan fingerprint density at radius 3 is 2.36 bits per heavy atom. The molecule has 122 valence electrons. The molecule has 1 N–H and O–H groups in total. The summed E-state index contributed by atoms with van der Waals surface area (Å²) in [7, 11) is 1.63. The number of hydrogen-bond donors (Lipinski definition) is 1. The number of amides is 2. The molecule has 1 fully saturated rings. The Bertz CT molecular complexity index is 456. The van der Waals surface area contributed by atoms with Crippen molar-refractivity contribution in [3.63, 3.8) is 0 Å². The van der Waals surface area contributed by atoms with Gasteiger partial charge >= 0.3 is 6.03 Å². The van der Waals surface area contributed by atoms with Gasteiger partial charge in [0, 0.05) is 26.2 Å². The second-order valence-corrected chi connectivity index (χ2v) is 5.18. The number of nitrogens with one attached hydrogen (secondary N) is 1. The second-order valence-electron chi connectivity index (χ2n) is 5.18. The molecule has 1 aliphatic heterocycles. The van der Waals surface area contributed by atoms with Crippen molar-refractivity contribution in [3.8, 4) is 11.5 Å². The molecule has 0 saturated carbocycles. The summed E-state index contributed by atoms with van der Waals surface area (Å²) in [6.07, 6.45) is 0. The first-order valence-corrected chi connectivity index (χ1v) is 7.75. The quantitative estimate of drug-likeness (QED) is 0.808. The molecule has 0 spiro atoms. The molecule has 1 aromatic rings. The van der Waals surface area contributed by atoms with Gasteiger partial charge in [0.05, 0.1) is 13.7 Å². The second kappa shape index (κ2) is 8.48. The maximum absolute atomic E-state index is 12.0. The first kappa shape index (κ1) is 16.4. The first-order valence-electron chi connectivity index (χ1n) is 7.75. The fraction of sp³-hybridized carbons (Fsp3) is 0.562. The highest BCUT2D eigenvalue weighted by Crippen LogP contribution is 2.16. The number of methoxy groups -OCH3 is 1.